The average molecular weight is 460 g/mol. The molecule has 0 saturated heterocycles. The molecule has 0 aliphatic carbocycles. The van der Waals surface area contributed by atoms with Crippen molar-refractivity contribution in [3.8, 4) is 0 Å². The summed E-state index contributed by atoms with van der Waals surface area (Å²) in [5, 5.41) is 5.33. The summed E-state index contributed by atoms with van der Waals surface area (Å²) >= 11 is 0. The van der Waals surface area contributed by atoms with Gasteiger partial charge in [-0.2, -0.15) is 0 Å². The lowest BCUT2D eigenvalue weighted by atomic mass is 10.2. The van der Waals surface area contributed by atoms with Crippen LogP contribution in [0.25, 0.3) is 11.2 Å². The van der Waals surface area contributed by atoms with Gasteiger partial charge in [0.2, 0.25) is 11.8 Å². The van der Waals surface area contributed by atoms with E-state index in [2.05, 4.69) is 15.6 Å². The molecule has 0 spiro atoms. The monoisotopic (exact) mass is 460 g/mol. The number of rotatable bonds is 7. The molecule has 0 radical (unpaired) electrons. The fourth-order valence-electron chi connectivity index (χ4n) is 3.71. The van der Waals surface area contributed by atoms with E-state index in [1.807, 2.05) is 37.3 Å². The Labute approximate surface area is 194 Å². The van der Waals surface area contributed by atoms with Crippen LogP contribution in [0.4, 0.5) is 11.4 Å². The van der Waals surface area contributed by atoms with E-state index >= 15 is 0 Å². The predicted octanol–water partition coefficient (Wildman–Crippen LogP) is 2.02. The van der Waals surface area contributed by atoms with Gasteiger partial charge in [0.1, 0.15) is 6.54 Å². The number of carbonyl (C=O) groups excluding carboxylic acids is 2. The Morgan fingerprint density at radius 3 is 2.18 bits per heavy atom. The molecule has 4 rings (SSSR count). The normalized spacial score (nSPS) is 10.9. The largest absolute Gasteiger partial charge is 0.333 e. The number of benzene rings is 2. The summed E-state index contributed by atoms with van der Waals surface area (Å²) in [4.78, 5) is 54.7. The first-order valence-electron chi connectivity index (χ1n) is 10.8. The lowest BCUT2D eigenvalue weighted by Gasteiger charge is -2.13. The smallest absolute Gasteiger partial charge is 0.326 e. The van der Waals surface area contributed by atoms with E-state index < -0.39 is 23.7 Å². The first kappa shape index (κ1) is 22.7. The molecule has 10 heteroatoms. The Morgan fingerprint density at radius 2 is 1.56 bits per heavy atom. The van der Waals surface area contributed by atoms with Gasteiger partial charge in [0.15, 0.2) is 11.2 Å². The van der Waals surface area contributed by atoms with Gasteiger partial charge in [-0.25, -0.2) is 14.3 Å². The van der Waals surface area contributed by atoms with E-state index in [1.54, 1.807) is 28.8 Å². The highest BCUT2D eigenvalue weighted by atomic mass is 16.2. The molecular weight excluding hydrogens is 436 g/mol. The minimum Gasteiger partial charge on any atom is -0.326 e. The quantitative estimate of drug-likeness (QED) is 0.437. The molecule has 4 aromatic rings. The van der Waals surface area contributed by atoms with Crippen molar-refractivity contribution >= 4 is 34.4 Å². The van der Waals surface area contributed by atoms with Crippen molar-refractivity contribution in [2.75, 3.05) is 10.6 Å². The fourth-order valence-corrected chi connectivity index (χ4v) is 3.71. The number of anilines is 2. The van der Waals surface area contributed by atoms with Crippen molar-refractivity contribution < 1.29 is 9.59 Å². The van der Waals surface area contributed by atoms with Gasteiger partial charge < -0.3 is 15.2 Å². The van der Waals surface area contributed by atoms with Gasteiger partial charge in [-0.1, -0.05) is 30.3 Å². The number of nitrogens with one attached hydrogen (secondary N) is 2. The molecule has 2 aromatic heterocycles. The maximum absolute atomic E-state index is 13.3. The van der Waals surface area contributed by atoms with E-state index in [1.165, 1.54) is 17.8 Å². The summed E-state index contributed by atoms with van der Waals surface area (Å²) in [6, 6.07) is 15.9. The van der Waals surface area contributed by atoms with E-state index in [0.29, 0.717) is 17.9 Å². The third-order valence-electron chi connectivity index (χ3n) is 5.30. The van der Waals surface area contributed by atoms with Gasteiger partial charge in [-0.3, -0.25) is 19.0 Å². The van der Waals surface area contributed by atoms with Crippen LogP contribution in [0.15, 0.2) is 70.5 Å². The third-order valence-corrected chi connectivity index (χ3v) is 5.30. The molecule has 2 N–H and O–H groups in total. The molecule has 0 saturated carbocycles. The molecule has 2 aromatic carbocycles. The number of aromatic nitrogens is 4. The lowest BCUT2D eigenvalue weighted by Crippen LogP contribution is -2.43. The second-order valence-electron chi connectivity index (χ2n) is 7.76. The predicted molar refractivity (Wildman–Crippen MR) is 129 cm³/mol. The Morgan fingerprint density at radius 1 is 0.912 bits per heavy atom. The summed E-state index contributed by atoms with van der Waals surface area (Å²) in [6.07, 6.45) is 1.52. The molecule has 2 amide bonds. The summed E-state index contributed by atoms with van der Waals surface area (Å²) in [5.41, 5.74) is 1.29. The number of aryl methyl sites for hydroxylation is 1. The van der Waals surface area contributed by atoms with Crippen LogP contribution in [0.2, 0.25) is 0 Å². The highest BCUT2D eigenvalue weighted by molar-refractivity contribution is 5.92. The second kappa shape index (κ2) is 9.57. The van der Waals surface area contributed by atoms with Crippen molar-refractivity contribution in [2.24, 2.45) is 0 Å². The Hall–Kier alpha value is -4.47. The van der Waals surface area contributed by atoms with Crippen molar-refractivity contribution in [3.05, 3.63) is 87.3 Å². The zero-order valence-corrected chi connectivity index (χ0v) is 18.8. The summed E-state index contributed by atoms with van der Waals surface area (Å²) in [5.74, 6) is -0.732. The SMILES string of the molecule is CCn1cnc2c1c(=O)n(CC(=O)Nc1ccc(NC(C)=O)cc1)c(=O)n2Cc1ccccc1. The van der Waals surface area contributed by atoms with Gasteiger partial charge in [0, 0.05) is 24.8 Å². The van der Waals surface area contributed by atoms with E-state index in [-0.39, 0.29) is 23.6 Å². The van der Waals surface area contributed by atoms with Crippen LogP contribution in [0.5, 0.6) is 0 Å². The molecule has 0 fully saturated rings. The minimum atomic E-state index is -0.612. The zero-order chi connectivity index (χ0) is 24.2. The first-order chi connectivity index (χ1) is 16.4. The summed E-state index contributed by atoms with van der Waals surface area (Å²) in [6.45, 7) is 3.52. The molecule has 0 aliphatic rings. The van der Waals surface area contributed by atoms with E-state index in [4.69, 9.17) is 0 Å². The molecule has 0 unspecified atom stereocenters. The van der Waals surface area contributed by atoms with E-state index in [0.717, 1.165) is 10.1 Å². The molecule has 0 aliphatic heterocycles. The van der Waals surface area contributed by atoms with Crippen molar-refractivity contribution in [1.82, 2.24) is 18.7 Å². The number of hydrogen-bond donors (Lipinski definition) is 2. The number of fused-ring (bicyclic) bond motifs is 1. The van der Waals surface area contributed by atoms with Gasteiger partial charge in [-0.15, -0.1) is 0 Å². The van der Waals surface area contributed by atoms with Crippen molar-refractivity contribution in [1.29, 1.82) is 0 Å². The molecular formula is C24H24N6O4. The van der Waals surface area contributed by atoms with Crippen LogP contribution in [-0.4, -0.2) is 30.5 Å². The number of nitrogens with zero attached hydrogens (tertiary/aromatic N) is 4. The molecule has 34 heavy (non-hydrogen) atoms. The van der Waals surface area contributed by atoms with E-state index in [9.17, 15) is 19.2 Å². The molecule has 0 atom stereocenters. The Kier molecular flexibility index (Phi) is 6.39. The summed E-state index contributed by atoms with van der Waals surface area (Å²) in [7, 11) is 0. The highest BCUT2D eigenvalue weighted by Crippen LogP contribution is 2.14. The number of carbonyl (C=O) groups is 2. The van der Waals surface area contributed by atoms with Gasteiger partial charge >= 0.3 is 5.69 Å². The van der Waals surface area contributed by atoms with Crippen LogP contribution in [0, 0.1) is 0 Å². The van der Waals surface area contributed by atoms with Crippen LogP contribution >= 0.6 is 0 Å². The Bertz CT molecular complexity index is 1470. The lowest BCUT2D eigenvalue weighted by molar-refractivity contribution is -0.117. The maximum Gasteiger partial charge on any atom is 0.333 e. The molecule has 2 heterocycles. The zero-order valence-electron chi connectivity index (χ0n) is 18.8. The summed E-state index contributed by atoms with van der Waals surface area (Å²) < 4.78 is 4.00. The fraction of sp³-hybridized carbons (Fsp3) is 0.208. The molecule has 10 nitrogen and oxygen atoms in total. The minimum absolute atomic E-state index is 0.204. The van der Waals surface area contributed by atoms with Crippen LogP contribution < -0.4 is 21.9 Å². The Balaban J connectivity index is 1.67. The van der Waals surface area contributed by atoms with Crippen LogP contribution in [-0.2, 0) is 29.2 Å². The van der Waals surface area contributed by atoms with Crippen LogP contribution in [0.3, 0.4) is 0 Å². The number of amides is 2. The first-order valence-corrected chi connectivity index (χ1v) is 10.8. The molecule has 174 valence electrons. The van der Waals surface area contributed by atoms with Crippen molar-refractivity contribution in [3.63, 3.8) is 0 Å². The molecule has 0 bridgehead atoms. The average Bonchev–Trinajstić information content (AvgIpc) is 3.25. The standard InChI is InChI=1S/C24H24N6O4/c1-3-28-15-25-22-21(28)23(33)30(24(34)29(22)13-17-7-5-4-6-8-17)14-20(32)27-19-11-9-18(10-12-19)26-16(2)31/h4-12,15H,3,13-14H2,1-2H3,(H,26,31)(H,27,32). The van der Waals surface area contributed by atoms with Gasteiger partial charge in [-0.05, 0) is 36.8 Å². The number of imidazole rings is 1. The second-order valence-corrected chi connectivity index (χ2v) is 7.76. The third kappa shape index (κ3) is 4.65. The van der Waals surface area contributed by atoms with Crippen molar-refractivity contribution in [2.45, 2.75) is 33.5 Å². The topological polar surface area (TPSA) is 120 Å². The van der Waals surface area contributed by atoms with Gasteiger partial charge in [0.05, 0.1) is 12.9 Å². The maximum atomic E-state index is 13.3. The van der Waals surface area contributed by atoms with Gasteiger partial charge in [0.25, 0.3) is 5.56 Å². The van der Waals surface area contributed by atoms with Crippen LogP contribution in [0.1, 0.15) is 19.4 Å². The highest BCUT2D eigenvalue weighted by Gasteiger charge is 2.19. The number of hydrogen-bond acceptors (Lipinski definition) is 5.